The van der Waals surface area contributed by atoms with Crippen LogP contribution in [0.25, 0.3) is 0 Å². The summed E-state index contributed by atoms with van der Waals surface area (Å²) in [6.45, 7) is 4.43. The molecule has 2 fully saturated rings. The van der Waals surface area contributed by atoms with Gasteiger partial charge >= 0.3 is 0 Å². The Hall–Kier alpha value is -0.0900. The van der Waals surface area contributed by atoms with E-state index in [2.05, 4.69) is 11.8 Å². The highest BCUT2D eigenvalue weighted by atomic mass is 32.2. The normalized spacial score (nSPS) is 36.6. The minimum Gasteiger partial charge on any atom is -0.298 e. The first kappa shape index (κ1) is 8.51. The molecule has 2 aliphatic rings. The molecule has 2 rings (SSSR count). The summed E-state index contributed by atoms with van der Waals surface area (Å²) in [4.78, 5) is 2.33. The number of hydrogen-bond acceptors (Lipinski definition) is 3. The van der Waals surface area contributed by atoms with Crippen molar-refractivity contribution in [3.63, 3.8) is 0 Å². The molecule has 1 atom stereocenters. The number of sulfone groups is 1. The second-order valence-corrected chi connectivity index (χ2v) is 6.27. The summed E-state index contributed by atoms with van der Waals surface area (Å²) >= 11 is 0. The van der Waals surface area contributed by atoms with Crippen molar-refractivity contribution < 1.29 is 8.42 Å². The lowest BCUT2D eigenvalue weighted by Gasteiger charge is -2.34. The zero-order valence-electron chi connectivity index (χ0n) is 7.36. The molecule has 0 aliphatic carbocycles. The first-order valence-electron chi connectivity index (χ1n) is 4.51. The Morgan fingerprint density at radius 2 is 2.00 bits per heavy atom. The van der Waals surface area contributed by atoms with Crippen molar-refractivity contribution in [1.82, 2.24) is 4.90 Å². The second kappa shape index (κ2) is 2.70. The molecule has 0 spiro atoms. The summed E-state index contributed by atoms with van der Waals surface area (Å²) in [5.74, 6) is 1.56. The molecule has 12 heavy (non-hydrogen) atoms. The summed E-state index contributed by atoms with van der Waals surface area (Å²) in [5, 5.41) is 0. The highest BCUT2D eigenvalue weighted by Crippen LogP contribution is 2.24. The van der Waals surface area contributed by atoms with Gasteiger partial charge in [0.2, 0.25) is 0 Å². The molecule has 1 unspecified atom stereocenters. The van der Waals surface area contributed by atoms with Crippen molar-refractivity contribution in [3.8, 4) is 0 Å². The maximum absolute atomic E-state index is 10.9. The lowest BCUT2D eigenvalue weighted by Crippen LogP contribution is -2.52. The van der Waals surface area contributed by atoms with Crippen LogP contribution in [0.15, 0.2) is 0 Å². The van der Waals surface area contributed by atoms with E-state index in [1.54, 1.807) is 0 Å². The van der Waals surface area contributed by atoms with Gasteiger partial charge in [-0.25, -0.2) is 8.42 Å². The molecular formula is C8H15NO2S. The zero-order chi connectivity index (χ0) is 8.77. The van der Waals surface area contributed by atoms with Crippen molar-refractivity contribution in [2.75, 3.05) is 24.6 Å². The molecule has 0 aromatic carbocycles. The van der Waals surface area contributed by atoms with Gasteiger partial charge in [0.1, 0.15) is 0 Å². The summed E-state index contributed by atoms with van der Waals surface area (Å²) in [5.41, 5.74) is 0. The molecule has 0 bridgehead atoms. The van der Waals surface area contributed by atoms with E-state index in [0.29, 0.717) is 17.5 Å². The van der Waals surface area contributed by atoms with Crippen molar-refractivity contribution in [2.24, 2.45) is 5.92 Å². The van der Waals surface area contributed by atoms with Gasteiger partial charge in [0.05, 0.1) is 11.5 Å². The molecular weight excluding hydrogens is 174 g/mol. The third-order valence-electron chi connectivity index (χ3n) is 2.86. The third-order valence-corrected chi connectivity index (χ3v) is 4.65. The summed E-state index contributed by atoms with van der Waals surface area (Å²) < 4.78 is 21.8. The van der Waals surface area contributed by atoms with E-state index >= 15 is 0 Å². The smallest absolute Gasteiger partial charge is 0.153 e. The van der Waals surface area contributed by atoms with Crippen molar-refractivity contribution in [2.45, 2.75) is 19.4 Å². The van der Waals surface area contributed by atoms with E-state index in [0.717, 1.165) is 19.0 Å². The van der Waals surface area contributed by atoms with Crippen LogP contribution in [0.4, 0.5) is 0 Å². The molecule has 0 radical (unpaired) electrons. The second-order valence-electron chi connectivity index (χ2n) is 4.12. The molecule has 0 aromatic heterocycles. The first-order valence-corrected chi connectivity index (χ1v) is 6.33. The molecule has 0 saturated carbocycles. The van der Waals surface area contributed by atoms with E-state index in [-0.39, 0.29) is 0 Å². The average Bonchev–Trinajstić information content (AvgIpc) is 2.30. The van der Waals surface area contributed by atoms with Gasteiger partial charge in [-0.2, -0.15) is 0 Å². The molecule has 70 valence electrons. The molecule has 0 aromatic rings. The Balaban J connectivity index is 1.89. The van der Waals surface area contributed by atoms with Crippen LogP contribution in [-0.4, -0.2) is 44.0 Å². The maximum atomic E-state index is 10.9. The number of hydrogen-bond donors (Lipinski definition) is 0. The Bertz CT molecular complexity index is 261. The summed E-state index contributed by atoms with van der Waals surface area (Å²) in [6.07, 6.45) is 1.23. The summed E-state index contributed by atoms with van der Waals surface area (Å²) in [7, 11) is -2.63. The van der Waals surface area contributed by atoms with E-state index in [1.165, 1.54) is 6.42 Å². The zero-order valence-corrected chi connectivity index (χ0v) is 8.18. The minimum atomic E-state index is -2.63. The molecule has 3 nitrogen and oxygen atoms in total. The van der Waals surface area contributed by atoms with Crippen molar-refractivity contribution >= 4 is 9.84 Å². The highest BCUT2D eigenvalue weighted by Gasteiger charge is 2.39. The van der Waals surface area contributed by atoms with Crippen LogP contribution in [0.3, 0.4) is 0 Å². The Labute approximate surface area is 73.7 Å². The van der Waals surface area contributed by atoms with Crippen LogP contribution in [0, 0.1) is 5.92 Å². The Kier molecular flexibility index (Phi) is 1.92. The number of rotatable bonds is 1. The maximum Gasteiger partial charge on any atom is 0.153 e. The molecule has 4 heteroatoms. The fourth-order valence-electron chi connectivity index (χ4n) is 2.05. The predicted octanol–water partition coefficient (Wildman–Crippen LogP) is 0.125. The molecule has 2 aliphatic heterocycles. The van der Waals surface area contributed by atoms with E-state index in [9.17, 15) is 8.42 Å². The average molecular weight is 189 g/mol. The highest BCUT2D eigenvalue weighted by molar-refractivity contribution is 7.92. The number of nitrogens with zero attached hydrogens (tertiary/aromatic N) is 1. The van der Waals surface area contributed by atoms with Gasteiger partial charge in [-0.3, -0.25) is 4.90 Å². The van der Waals surface area contributed by atoms with Gasteiger partial charge in [0.25, 0.3) is 0 Å². The lowest BCUT2D eigenvalue weighted by atomic mass is 10.2. The van der Waals surface area contributed by atoms with Crippen LogP contribution in [-0.2, 0) is 9.84 Å². The molecule has 2 saturated heterocycles. The van der Waals surface area contributed by atoms with Crippen molar-refractivity contribution in [1.29, 1.82) is 0 Å². The molecule has 2 heterocycles. The lowest BCUT2D eigenvalue weighted by molar-refractivity contribution is 0.256. The summed E-state index contributed by atoms with van der Waals surface area (Å²) in [6, 6.07) is 0.347. The van der Waals surface area contributed by atoms with Gasteiger partial charge < -0.3 is 0 Å². The van der Waals surface area contributed by atoms with Crippen LogP contribution in [0.1, 0.15) is 13.3 Å². The predicted molar refractivity (Wildman–Crippen MR) is 47.8 cm³/mol. The standard InChI is InChI=1S/C8H15NO2S/c1-7-2-3-9(4-7)8-5-12(10,11)6-8/h7-8H,2-6H2,1H3. The van der Waals surface area contributed by atoms with Crippen LogP contribution in [0.2, 0.25) is 0 Å². The van der Waals surface area contributed by atoms with Gasteiger partial charge in [0.15, 0.2) is 9.84 Å². The van der Waals surface area contributed by atoms with E-state index in [4.69, 9.17) is 0 Å². The number of likely N-dealkylation sites (tertiary alicyclic amines) is 1. The third kappa shape index (κ3) is 1.50. The van der Waals surface area contributed by atoms with Crippen molar-refractivity contribution in [3.05, 3.63) is 0 Å². The van der Waals surface area contributed by atoms with Gasteiger partial charge in [0, 0.05) is 12.6 Å². The van der Waals surface area contributed by atoms with Crippen LogP contribution in [0.5, 0.6) is 0 Å². The van der Waals surface area contributed by atoms with E-state index < -0.39 is 9.84 Å². The topological polar surface area (TPSA) is 37.4 Å². The SMILES string of the molecule is CC1CCN(C2CS(=O)(=O)C2)C1. The quantitative estimate of drug-likeness (QED) is 0.588. The Morgan fingerprint density at radius 3 is 2.42 bits per heavy atom. The van der Waals surface area contributed by atoms with Crippen LogP contribution >= 0.6 is 0 Å². The van der Waals surface area contributed by atoms with Gasteiger partial charge in [-0.05, 0) is 18.9 Å². The first-order chi connectivity index (χ1) is 5.57. The fourth-order valence-corrected chi connectivity index (χ4v) is 3.55. The Morgan fingerprint density at radius 1 is 1.33 bits per heavy atom. The fraction of sp³-hybridized carbons (Fsp3) is 1.00. The van der Waals surface area contributed by atoms with Crippen LogP contribution < -0.4 is 0 Å². The van der Waals surface area contributed by atoms with Gasteiger partial charge in [-0.1, -0.05) is 6.92 Å². The monoisotopic (exact) mass is 189 g/mol. The van der Waals surface area contributed by atoms with Gasteiger partial charge in [-0.15, -0.1) is 0 Å². The molecule has 0 N–H and O–H groups in total. The largest absolute Gasteiger partial charge is 0.298 e. The van der Waals surface area contributed by atoms with E-state index in [1.807, 2.05) is 0 Å². The molecule has 0 amide bonds. The minimum absolute atomic E-state index is 0.347.